The normalized spacial score (nSPS) is 10.6. The van der Waals surface area contributed by atoms with Gasteiger partial charge in [-0.1, -0.05) is 6.07 Å². The second-order valence-corrected chi connectivity index (χ2v) is 5.47. The molecule has 0 atom stereocenters. The van der Waals surface area contributed by atoms with Gasteiger partial charge in [0.2, 0.25) is 0 Å². The van der Waals surface area contributed by atoms with E-state index in [1.54, 1.807) is 11.3 Å². The standard InChI is InChI=1S/C14H16N2O2S/c1-9-12(5-6-14(17)18)10(2)16-13(15-9)8-11-4-3-7-19-11/h3-4,7H,5-6,8H2,1-2H3,(H,17,18). The van der Waals surface area contributed by atoms with Crippen molar-refractivity contribution < 1.29 is 9.90 Å². The number of carboxylic acid groups (broad SMARTS) is 1. The lowest BCUT2D eigenvalue weighted by Gasteiger charge is -2.09. The molecular weight excluding hydrogens is 260 g/mol. The fourth-order valence-electron chi connectivity index (χ4n) is 2.05. The summed E-state index contributed by atoms with van der Waals surface area (Å²) in [6.45, 7) is 3.84. The van der Waals surface area contributed by atoms with Crippen LogP contribution in [0.25, 0.3) is 0 Å². The van der Waals surface area contributed by atoms with Gasteiger partial charge in [0.05, 0.1) is 0 Å². The first-order valence-corrected chi connectivity index (χ1v) is 7.01. The van der Waals surface area contributed by atoms with Crippen molar-refractivity contribution in [3.05, 3.63) is 45.2 Å². The molecule has 4 nitrogen and oxygen atoms in total. The summed E-state index contributed by atoms with van der Waals surface area (Å²) in [6.07, 6.45) is 1.35. The van der Waals surface area contributed by atoms with Gasteiger partial charge >= 0.3 is 5.97 Å². The fraction of sp³-hybridized carbons (Fsp3) is 0.357. The number of hydrogen-bond donors (Lipinski definition) is 1. The predicted octanol–water partition coefficient (Wildman–Crippen LogP) is 2.76. The highest BCUT2D eigenvalue weighted by atomic mass is 32.1. The molecule has 0 saturated heterocycles. The topological polar surface area (TPSA) is 63.1 Å². The Balaban J connectivity index is 2.18. The first-order chi connectivity index (χ1) is 9.06. The molecule has 2 heterocycles. The molecule has 0 aliphatic heterocycles. The molecule has 0 aliphatic carbocycles. The summed E-state index contributed by atoms with van der Waals surface area (Å²) in [4.78, 5) is 20.8. The Morgan fingerprint density at radius 3 is 2.53 bits per heavy atom. The van der Waals surface area contributed by atoms with Crippen LogP contribution < -0.4 is 0 Å². The van der Waals surface area contributed by atoms with Crippen molar-refractivity contribution in [2.75, 3.05) is 0 Å². The SMILES string of the molecule is Cc1nc(Cc2cccs2)nc(C)c1CCC(=O)O. The number of aromatic nitrogens is 2. The largest absolute Gasteiger partial charge is 0.481 e. The molecule has 0 fully saturated rings. The lowest BCUT2D eigenvalue weighted by molar-refractivity contribution is -0.136. The molecule has 2 aromatic heterocycles. The molecule has 1 N–H and O–H groups in total. The summed E-state index contributed by atoms with van der Waals surface area (Å²) in [7, 11) is 0. The minimum absolute atomic E-state index is 0.120. The third kappa shape index (κ3) is 3.61. The molecule has 0 bridgehead atoms. The van der Waals surface area contributed by atoms with Crippen LogP contribution in [0.2, 0.25) is 0 Å². The van der Waals surface area contributed by atoms with Crippen LogP contribution in [0.15, 0.2) is 17.5 Å². The lowest BCUT2D eigenvalue weighted by atomic mass is 10.1. The van der Waals surface area contributed by atoms with Crippen LogP contribution in [-0.2, 0) is 17.6 Å². The molecular formula is C14H16N2O2S. The van der Waals surface area contributed by atoms with Crippen molar-refractivity contribution in [1.82, 2.24) is 9.97 Å². The van der Waals surface area contributed by atoms with Gasteiger partial charge in [-0.15, -0.1) is 11.3 Å². The van der Waals surface area contributed by atoms with E-state index in [4.69, 9.17) is 5.11 Å². The Labute approximate surface area is 116 Å². The van der Waals surface area contributed by atoms with Crippen LogP contribution in [0.4, 0.5) is 0 Å². The molecule has 100 valence electrons. The number of thiophene rings is 1. The van der Waals surface area contributed by atoms with Gasteiger partial charge in [0, 0.05) is 29.1 Å². The van der Waals surface area contributed by atoms with Crippen LogP contribution in [-0.4, -0.2) is 21.0 Å². The van der Waals surface area contributed by atoms with Gasteiger partial charge in [0.1, 0.15) is 5.82 Å². The second-order valence-electron chi connectivity index (χ2n) is 4.44. The number of nitrogens with zero attached hydrogens (tertiary/aromatic N) is 2. The van der Waals surface area contributed by atoms with E-state index in [1.807, 2.05) is 25.3 Å². The molecule has 0 amide bonds. The molecule has 0 aliphatic rings. The fourth-order valence-corrected chi connectivity index (χ4v) is 2.75. The quantitative estimate of drug-likeness (QED) is 0.912. The number of carbonyl (C=O) groups is 1. The zero-order chi connectivity index (χ0) is 13.8. The van der Waals surface area contributed by atoms with Crippen molar-refractivity contribution in [1.29, 1.82) is 0 Å². The summed E-state index contributed by atoms with van der Waals surface area (Å²) in [5, 5.41) is 10.8. The van der Waals surface area contributed by atoms with Gasteiger partial charge in [-0.05, 0) is 37.3 Å². The minimum atomic E-state index is -0.790. The highest BCUT2D eigenvalue weighted by Gasteiger charge is 2.10. The molecule has 2 rings (SSSR count). The van der Waals surface area contributed by atoms with E-state index in [0.29, 0.717) is 6.42 Å². The van der Waals surface area contributed by atoms with Gasteiger partial charge in [0.15, 0.2) is 0 Å². The van der Waals surface area contributed by atoms with Crippen molar-refractivity contribution in [3.8, 4) is 0 Å². The highest BCUT2D eigenvalue weighted by Crippen LogP contribution is 2.16. The summed E-state index contributed by atoms with van der Waals surface area (Å²) in [6, 6.07) is 4.08. The number of hydrogen-bond acceptors (Lipinski definition) is 4. The van der Waals surface area contributed by atoms with E-state index in [2.05, 4.69) is 16.0 Å². The average molecular weight is 276 g/mol. The van der Waals surface area contributed by atoms with Crippen LogP contribution in [0.3, 0.4) is 0 Å². The summed E-state index contributed by atoms with van der Waals surface area (Å²) in [5.41, 5.74) is 2.73. The van der Waals surface area contributed by atoms with Gasteiger partial charge in [0.25, 0.3) is 0 Å². The zero-order valence-electron chi connectivity index (χ0n) is 11.0. The second kappa shape index (κ2) is 5.93. The number of aryl methyl sites for hydroxylation is 2. The van der Waals surface area contributed by atoms with E-state index >= 15 is 0 Å². The van der Waals surface area contributed by atoms with Gasteiger partial charge in [-0.2, -0.15) is 0 Å². The van der Waals surface area contributed by atoms with E-state index in [1.165, 1.54) is 4.88 Å². The van der Waals surface area contributed by atoms with Crippen molar-refractivity contribution in [2.24, 2.45) is 0 Å². The van der Waals surface area contributed by atoms with Crippen molar-refractivity contribution in [2.45, 2.75) is 33.1 Å². The van der Waals surface area contributed by atoms with Crippen molar-refractivity contribution >= 4 is 17.3 Å². The van der Waals surface area contributed by atoms with Gasteiger partial charge in [-0.3, -0.25) is 4.79 Å². The van der Waals surface area contributed by atoms with Gasteiger partial charge in [-0.25, -0.2) is 9.97 Å². The number of aliphatic carboxylic acids is 1. The Morgan fingerprint density at radius 1 is 1.32 bits per heavy atom. The van der Waals surface area contributed by atoms with E-state index in [0.717, 1.165) is 29.2 Å². The monoisotopic (exact) mass is 276 g/mol. The molecule has 0 unspecified atom stereocenters. The zero-order valence-corrected chi connectivity index (χ0v) is 11.8. The van der Waals surface area contributed by atoms with Crippen LogP contribution >= 0.6 is 11.3 Å². The van der Waals surface area contributed by atoms with E-state index in [-0.39, 0.29) is 6.42 Å². The summed E-state index contributed by atoms with van der Waals surface area (Å²) >= 11 is 1.69. The lowest BCUT2D eigenvalue weighted by Crippen LogP contribution is -2.07. The molecule has 2 aromatic rings. The smallest absolute Gasteiger partial charge is 0.303 e. The van der Waals surface area contributed by atoms with E-state index in [9.17, 15) is 4.79 Å². The Morgan fingerprint density at radius 2 is 2.00 bits per heavy atom. The highest BCUT2D eigenvalue weighted by molar-refractivity contribution is 7.09. The molecule has 0 aromatic carbocycles. The summed E-state index contributed by atoms with van der Waals surface area (Å²) < 4.78 is 0. The minimum Gasteiger partial charge on any atom is -0.481 e. The molecule has 0 radical (unpaired) electrons. The summed E-state index contributed by atoms with van der Waals surface area (Å²) in [5.74, 6) is 0.0120. The predicted molar refractivity (Wildman–Crippen MR) is 74.6 cm³/mol. The van der Waals surface area contributed by atoms with Crippen molar-refractivity contribution in [3.63, 3.8) is 0 Å². The molecule has 19 heavy (non-hydrogen) atoms. The number of rotatable bonds is 5. The van der Waals surface area contributed by atoms with Crippen LogP contribution in [0, 0.1) is 13.8 Å². The maximum absolute atomic E-state index is 10.6. The maximum Gasteiger partial charge on any atom is 0.303 e. The Kier molecular flexibility index (Phi) is 4.27. The maximum atomic E-state index is 10.6. The van der Waals surface area contributed by atoms with E-state index < -0.39 is 5.97 Å². The molecule has 0 saturated carbocycles. The Hall–Kier alpha value is -1.75. The number of carboxylic acids is 1. The van der Waals surface area contributed by atoms with Crippen LogP contribution in [0.5, 0.6) is 0 Å². The first-order valence-electron chi connectivity index (χ1n) is 6.13. The first kappa shape index (κ1) is 13.7. The third-order valence-electron chi connectivity index (χ3n) is 2.97. The van der Waals surface area contributed by atoms with Crippen LogP contribution in [0.1, 0.15) is 34.1 Å². The molecule has 0 spiro atoms. The average Bonchev–Trinajstić information content (AvgIpc) is 2.80. The van der Waals surface area contributed by atoms with Gasteiger partial charge < -0.3 is 5.11 Å². The third-order valence-corrected chi connectivity index (χ3v) is 3.84. The molecule has 5 heteroatoms. The Bertz CT molecular complexity index is 556.